The van der Waals surface area contributed by atoms with Gasteiger partial charge in [0.25, 0.3) is 0 Å². The number of oxazole rings is 1. The average molecular weight is 616 g/mol. The van der Waals surface area contributed by atoms with Crippen molar-refractivity contribution >= 4 is 54.6 Å². The van der Waals surface area contributed by atoms with Crippen LogP contribution in [0.4, 0.5) is 0 Å². The summed E-state index contributed by atoms with van der Waals surface area (Å²) in [6.07, 6.45) is 0. The second-order valence-electron chi connectivity index (χ2n) is 12.0. The van der Waals surface area contributed by atoms with Crippen LogP contribution in [0.2, 0.25) is 0 Å². The maximum Gasteiger partial charge on any atom is 0.227 e. The Hall–Kier alpha value is -6.59. The van der Waals surface area contributed by atoms with Gasteiger partial charge in [-0.3, -0.25) is 0 Å². The van der Waals surface area contributed by atoms with Crippen LogP contribution in [-0.4, -0.2) is 15.0 Å². The molecular weight excluding hydrogens is 590 g/mol. The lowest BCUT2D eigenvalue weighted by Crippen LogP contribution is -1.96. The molecule has 10 rings (SSSR count). The van der Waals surface area contributed by atoms with Crippen molar-refractivity contribution in [3.8, 4) is 45.4 Å². The number of hydrogen-bond donors (Lipinski definition) is 0. The van der Waals surface area contributed by atoms with E-state index in [0.29, 0.717) is 11.7 Å². The van der Waals surface area contributed by atoms with Gasteiger partial charge < -0.3 is 8.83 Å². The van der Waals surface area contributed by atoms with Crippen LogP contribution < -0.4 is 0 Å². The zero-order valence-corrected chi connectivity index (χ0v) is 25.6. The molecule has 0 unspecified atom stereocenters. The summed E-state index contributed by atoms with van der Waals surface area (Å²) >= 11 is 0. The molecule has 48 heavy (non-hydrogen) atoms. The minimum absolute atomic E-state index is 0.608. The number of para-hydroxylation sites is 1. The van der Waals surface area contributed by atoms with Gasteiger partial charge in [0.05, 0.1) is 11.4 Å². The lowest BCUT2D eigenvalue weighted by molar-refractivity contribution is 0.623. The third kappa shape index (κ3) is 4.29. The van der Waals surface area contributed by atoms with E-state index in [0.717, 1.165) is 88.2 Å². The topological polar surface area (TPSA) is 65.0 Å². The van der Waals surface area contributed by atoms with Crippen molar-refractivity contribution in [2.24, 2.45) is 0 Å². The Bertz CT molecular complexity index is 2840. The molecule has 0 N–H and O–H groups in total. The van der Waals surface area contributed by atoms with Gasteiger partial charge in [0.2, 0.25) is 5.89 Å². The van der Waals surface area contributed by atoms with Gasteiger partial charge in [-0.05, 0) is 70.8 Å². The quantitative estimate of drug-likeness (QED) is 0.184. The van der Waals surface area contributed by atoms with E-state index < -0.39 is 0 Å². The molecular formula is C43H25N3O2. The largest absolute Gasteiger partial charge is 0.456 e. The Morgan fingerprint density at radius 3 is 1.90 bits per heavy atom. The van der Waals surface area contributed by atoms with Gasteiger partial charge >= 0.3 is 0 Å². The van der Waals surface area contributed by atoms with Gasteiger partial charge in [0.1, 0.15) is 16.7 Å². The molecule has 0 saturated carbocycles. The first kappa shape index (κ1) is 26.6. The molecule has 5 heteroatoms. The maximum atomic E-state index is 6.48. The highest BCUT2D eigenvalue weighted by Gasteiger charge is 2.17. The fraction of sp³-hybridized carbons (Fsp3) is 0. The van der Waals surface area contributed by atoms with Crippen molar-refractivity contribution in [2.75, 3.05) is 0 Å². The fourth-order valence-electron chi connectivity index (χ4n) is 6.73. The highest BCUT2D eigenvalue weighted by molar-refractivity contribution is 6.18. The summed E-state index contributed by atoms with van der Waals surface area (Å²) in [6, 6.07) is 51.6. The molecule has 224 valence electrons. The number of fused-ring (bicyclic) bond motifs is 8. The maximum absolute atomic E-state index is 6.48. The Balaban J connectivity index is 1.19. The molecule has 0 saturated heterocycles. The van der Waals surface area contributed by atoms with E-state index in [4.69, 9.17) is 23.8 Å². The SMILES string of the molecule is c1ccc(-c2cc(-c3ccc4oc5ccccc5c4c3)nc(-c3ccc4ccc5ccc6nc(-c7ccccc7)oc6c5c4c3)n2)cc1. The second-order valence-corrected chi connectivity index (χ2v) is 12.0. The van der Waals surface area contributed by atoms with Crippen LogP contribution in [0.3, 0.4) is 0 Å². The smallest absolute Gasteiger partial charge is 0.227 e. The van der Waals surface area contributed by atoms with Crippen molar-refractivity contribution in [1.82, 2.24) is 15.0 Å². The van der Waals surface area contributed by atoms with E-state index in [2.05, 4.69) is 72.8 Å². The summed E-state index contributed by atoms with van der Waals surface area (Å²) in [4.78, 5) is 15.2. The van der Waals surface area contributed by atoms with Crippen molar-refractivity contribution in [1.29, 1.82) is 0 Å². The Morgan fingerprint density at radius 2 is 1.04 bits per heavy atom. The van der Waals surface area contributed by atoms with Gasteiger partial charge in [-0.25, -0.2) is 15.0 Å². The van der Waals surface area contributed by atoms with Crippen LogP contribution in [0.15, 0.2) is 160 Å². The van der Waals surface area contributed by atoms with Gasteiger partial charge in [0, 0.05) is 38.4 Å². The first-order valence-electron chi connectivity index (χ1n) is 15.9. The van der Waals surface area contributed by atoms with Gasteiger partial charge in [-0.1, -0.05) is 97.1 Å². The van der Waals surface area contributed by atoms with Crippen LogP contribution >= 0.6 is 0 Å². The highest BCUT2D eigenvalue weighted by Crippen LogP contribution is 2.38. The lowest BCUT2D eigenvalue weighted by atomic mass is 9.98. The summed E-state index contributed by atoms with van der Waals surface area (Å²) < 4.78 is 12.6. The summed E-state index contributed by atoms with van der Waals surface area (Å²) in [5, 5.41) is 6.43. The number of rotatable bonds is 4. The standard InChI is InChI=1S/C43H25N3O2/c1-3-9-27(10-4-1)36-25-37(30-20-22-39-34(23-30)32-13-7-8-14-38(32)47-39)45-42(44-36)31-18-16-26-15-17-28-19-21-35-41(40(28)33(26)24-31)48-43(46-35)29-11-5-2-6-12-29/h1-25H. The first-order valence-corrected chi connectivity index (χ1v) is 15.9. The number of furan rings is 1. The first-order chi connectivity index (χ1) is 23.7. The molecule has 0 atom stereocenters. The molecule has 7 aromatic carbocycles. The van der Waals surface area contributed by atoms with Crippen LogP contribution in [0.5, 0.6) is 0 Å². The minimum Gasteiger partial charge on any atom is -0.456 e. The van der Waals surface area contributed by atoms with E-state index in [9.17, 15) is 0 Å². The minimum atomic E-state index is 0.608. The van der Waals surface area contributed by atoms with Crippen molar-refractivity contribution < 1.29 is 8.83 Å². The van der Waals surface area contributed by atoms with E-state index in [-0.39, 0.29) is 0 Å². The molecule has 0 aliphatic heterocycles. The molecule has 0 fully saturated rings. The van der Waals surface area contributed by atoms with Crippen molar-refractivity contribution in [3.63, 3.8) is 0 Å². The molecule has 0 bridgehead atoms. The second kappa shape index (κ2) is 10.5. The Morgan fingerprint density at radius 1 is 0.396 bits per heavy atom. The van der Waals surface area contributed by atoms with E-state index in [1.54, 1.807) is 0 Å². The average Bonchev–Trinajstić information content (AvgIpc) is 3.77. The van der Waals surface area contributed by atoms with Crippen LogP contribution in [-0.2, 0) is 0 Å². The monoisotopic (exact) mass is 615 g/mol. The van der Waals surface area contributed by atoms with Crippen LogP contribution in [0.1, 0.15) is 0 Å². The third-order valence-electron chi connectivity index (χ3n) is 9.10. The van der Waals surface area contributed by atoms with E-state index in [1.165, 1.54) is 0 Å². The molecule has 5 nitrogen and oxygen atoms in total. The number of nitrogens with zero attached hydrogens (tertiary/aromatic N) is 3. The summed E-state index contributed by atoms with van der Waals surface area (Å²) in [7, 11) is 0. The summed E-state index contributed by atoms with van der Waals surface area (Å²) in [6.45, 7) is 0. The van der Waals surface area contributed by atoms with Gasteiger partial charge in [0.15, 0.2) is 11.4 Å². The molecule has 3 aromatic heterocycles. The van der Waals surface area contributed by atoms with Gasteiger partial charge in [-0.2, -0.15) is 0 Å². The van der Waals surface area contributed by atoms with E-state index >= 15 is 0 Å². The molecule has 0 radical (unpaired) electrons. The fourth-order valence-corrected chi connectivity index (χ4v) is 6.73. The van der Waals surface area contributed by atoms with Gasteiger partial charge in [-0.15, -0.1) is 0 Å². The van der Waals surface area contributed by atoms with Crippen LogP contribution in [0.25, 0.3) is 99.9 Å². The predicted molar refractivity (Wildman–Crippen MR) is 194 cm³/mol. The Labute approximate surface area is 274 Å². The number of benzene rings is 7. The predicted octanol–water partition coefficient (Wildman–Crippen LogP) is 11.5. The number of aromatic nitrogens is 3. The Kier molecular flexibility index (Phi) is 5.81. The highest BCUT2D eigenvalue weighted by atomic mass is 16.3. The third-order valence-corrected chi connectivity index (χ3v) is 9.10. The lowest BCUT2D eigenvalue weighted by Gasteiger charge is -2.11. The summed E-state index contributed by atoms with van der Waals surface area (Å²) in [5.41, 5.74) is 8.92. The zero-order chi connectivity index (χ0) is 31.6. The normalized spacial score (nSPS) is 11.8. The molecule has 0 spiro atoms. The summed E-state index contributed by atoms with van der Waals surface area (Å²) in [5.74, 6) is 1.26. The van der Waals surface area contributed by atoms with Crippen molar-refractivity contribution in [3.05, 3.63) is 152 Å². The molecule has 3 heterocycles. The molecule has 0 amide bonds. The molecule has 0 aliphatic rings. The molecule has 10 aromatic rings. The zero-order valence-electron chi connectivity index (χ0n) is 25.6. The van der Waals surface area contributed by atoms with E-state index in [1.807, 2.05) is 78.9 Å². The number of hydrogen-bond acceptors (Lipinski definition) is 5. The van der Waals surface area contributed by atoms with Crippen LogP contribution in [0, 0.1) is 0 Å². The molecule has 0 aliphatic carbocycles. The van der Waals surface area contributed by atoms with Crippen molar-refractivity contribution in [2.45, 2.75) is 0 Å².